The quantitative estimate of drug-likeness (QED) is 0.769. The van der Waals surface area contributed by atoms with Gasteiger partial charge in [-0.1, -0.05) is 13.8 Å². The fraction of sp³-hybridized carbons (Fsp3) is 0.643. The van der Waals surface area contributed by atoms with E-state index in [1.807, 2.05) is 12.3 Å². The van der Waals surface area contributed by atoms with E-state index < -0.39 is 0 Å². The Morgan fingerprint density at radius 2 is 2.11 bits per heavy atom. The van der Waals surface area contributed by atoms with Crippen LogP contribution in [0.3, 0.4) is 0 Å². The minimum Gasteiger partial charge on any atom is -0.383 e. The second-order valence-corrected chi connectivity index (χ2v) is 4.37. The number of nitrogens with two attached hydrogens (primary N) is 1. The molecule has 1 aromatic heterocycles. The number of anilines is 1. The average Bonchev–Trinajstić information content (AvgIpc) is 2.43. The topological polar surface area (TPSA) is 51.4 Å². The Morgan fingerprint density at radius 1 is 1.39 bits per heavy atom. The molecule has 0 radical (unpaired) electrons. The van der Waals surface area contributed by atoms with Crippen molar-refractivity contribution in [1.29, 1.82) is 0 Å². The van der Waals surface area contributed by atoms with Gasteiger partial charge in [-0.25, -0.2) is 0 Å². The Bertz CT molecular complexity index is 340. The van der Waals surface area contributed by atoms with E-state index in [0.717, 1.165) is 37.2 Å². The lowest BCUT2D eigenvalue weighted by atomic mass is 10.1. The predicted octanol–water partition coefficient (Wildman–Crippen LogP) is 2.18. The molecule has 0 aliphatic heterocycles. The summed E-state index contributed by atoms with van der Waals surface area (Å²) in [5.41, 5.74) is 8.10. The fourth-order valence-corrected chi connectivity index (χ4v) is 2.26. The first kappa shape index (κ1) is 14.9. The Kier molecular flexibility index (Phi) is 6.68. The second-order valence-electron chi connectivity index (χ2n) is 4.37. The van der Waals surface area contributed by atoms with Crippen molar-refractivity contribution >= 4 is 5.69 Å². The van der Waals surface area contributed by atoms with E-state index >= 15 is 0 Å². The standard InChI is InChI=1S/C14H25N3O/c1-4-13(5-2)17(8-9-18-3)14-11-16-7-6-12(14)10-15/h6-7,11,13H,4-5,8-10,15H2,1-3H3. The van der Waals surface area contributed by atoms with Crippen LogP contribution < -0.4 is 10.6 Å². The summed E-state index contributed by atoms with van der Waals surface area (Å²) in [5.74, 6) is 0. The molecule has 0 aliphatic carbocycles. The van der Waals surface area contributed by atoms with E-state index in [1.165, 1.54) is 0 Å². The molecule has 0 aliphatic rings. The van der Waals surface area contributed by atoms with Gasteiger partial charge in [0, 0.05) is 32.4 Å². The van der Waals surface area contributed by atoms with Gasteiger partial charge in [0.25, 0.3) is 0 Å². The van der Waals surface area contributed by atoms with Crippen LogP contribution in [0.15, 0.2) is 18.5 Å². The zero-order chi connectivity index (χ0) is 13.4. The predicted molar refractivity (Wildman–Crippen MR) is 75.7 cm³/mol. The molecular weight excluding hydrogens is 226 g/mol. The van der Waals surface area contributed by atoms with Gasteiger partial charge in [-0.05, 0) is 24.5 Å². The number of rotatable bonds is 8. The molecular formula is C14H25N3O. The summed E-state index contributed by atoms with van der Waals surface area (Å²) in [7, 11) is 1.73. The van der Waals surface area contributed by atoms with E-state index in [2.05, 4.69) is 23.7 Å². The van der Waals surface area contributed by atoms with E-state index in [1.54, 1.807) is 13.3 Å². The third-order valence-electron chi connectivity index (χ3n) is 3.34. The molecule has 0 saturated heterocycles. The minimum absolute atomic E-state index is 0.509. The molecule has 1 heterocycles. The van der Waals surface area contributed by atoms with Crippen molar-refractivity contribution in [2.24, 2.45) is 5.73 Å². The third kappa shape index (κ3) is 3.68. The molecule has 0 amide bonds. The van der Waals surface area contributed by atoms with Crippen molar-refractivity contribution in [1.82, 2.24) is 4.98 Å². The lowest BCUT2D eigenvalue weighted by molar-refractivity contribution is 0.202. The van der Waals surface area contributed by atoms with E-state index in [-0.39, 0.29) is 0 Å². The summed E-state index contributed by atoms with van der Waals surface area (Å²) in [5, 5.41) is 0. The van der Waals surface area contributed by atoms with Crippen molar-refractivity contribution < 1.29 is 4.74 Å². The van der Waals surface area contributed by atoms with Crippen molar-refractivity contribution in [3.63, 3.8) is 0 Å². The van der Waals surface area contributed by atoms with Gasteiger partial charge in [-0.2, -0.15) is 0 Å². The molecule has 18 heavy (non-hydrogen) atoms. The molecule has 0 atom stereocenters. The maximum absolute atomic E-state index is 5.81. The Morgan fingerprint density at radius 3 is 2.67 bits per heavy atom. The Balaban J connectivity index is 2.99. The van der Waals surface area contributed by atoms with Crippen LogP contribution in [0.1, 0.15) is 32.3 Å². The molecule has 0 unspecified atom stereocenters. The SMILES string of the molecule is CCC(CC)N(CCOC)c1cnccc1CN. The van der Waals surface area contributed by atoms with Crippen molar-refractivity contribution in [3.8, 4) is 0 Å². The maximum Gasteiger partial charge on any atom is 0.0637 e. The highest BCUT2D eigenvalue weighted by molar-refractivity contribution is 5.52. The van der Waals surface area contributed by atoms with Crippen LogP contribution in [0.5, 0.6) is 0 Å². The van der Waals surface area contributed by atoms with Gasteiger partial charge < -0.3 is 15.4 Å². The van der Waals surface area contributed by atoms with Gasteiger partial charge >= 0.3 is 0 Å². The lowest BCUT2D eigenvalue weighted by Crippen LogP contribution is -2.38. The monoisotopic (exact) mass is 251 g/mol. The fourth-order valence-electron chi connectivity index (χ4n) is 2.26. The molecule has 2 N–H and O–H groups in total. The third-order valence-corrected chi connectivity index (χ3v) is 3.34. The van der Waals surface area contributed by atoms with Crippen LogP contribution in [-0.2, 0) is 11.3 Å². The summed E-state index contributed by atoms with van der Waals surface area (Å²) in [4.78, 5) is 6.61. The van der Waals surface area contributed by atoms with Gasteiger partial charge in [0.05, 0.1) is 18.5 Å². The summed E-state index contributed by atoms with van der Waals surface area (Å²) in [6, 6.07) is 2.51. The first-order valence-corrected chi connectivity index (χ1v) is 6.66. The number of pyridine rings is 1. The number of aromatic nitrogens is 1. The second kappa shape index (κ2) is 8.06. The van der Waals surface area contributed by atoms with E-state index in [4.69, 9.17) is 10.5 Å². The number of hydrogen-bond donors (Lipinski definition) is 1. The van der Waals surface area contributed by atoms with Crippen LogP contribution in [-0.4, -0.2) is 31.3 Å². The van der Waals surface area contributed by atoms with Crippen LogP contribution in [0.2, 0.25) is 0 Å². The van der Waals surface area contributed by atoms with Crippen molar-refractivity contribution in [2.75, 3.05) is 25.2 Å². The van der Waals surface area contributed by atoms with Crippen LogP contribution in [0.4, 0.5) is 5.69 Å². The molecule has 0 spiro atoms. The summed E-state index contributed by atoms with van der Waals surface area (Å²) in [6.07, 6.45) is 5.93. The van der Waals surface area contributed by atoms with Gasteiger partial charge in [0.15, 0.2) is 0 Å². The zero-order valence-corrected chi connectivity index (χ0v) is 11.7. The van der Waals surface area contributed by atoms with Gasteiger partial charge in [-0.15, -0.1) is 0 Å². The number of nitrogens with zero attached hydrogens (tertiary/aromatic N) is 2. The minimum atomic E-state index is 0.509. The molecule has 0 saturated carbocycles. The van der Waals surface area contributed by atoms with Gasteiger partial charge in [0.1, 0.15) is 0 Å². The first-order chi connectivity index (χ1) is 8.78. The van der Waals surface area contributed by atoms with Crippen LogP contribution >= 0.6 is 0 Å². The first-order valence-electron chi connectivity index (χ1n) is 6.66. The summed E-state index contributed by atoms with van der Waals surface area (Å²) >= 11 is 0. The molecule has 0 bridgehead atoms. The van der Waals surface area contributed by atoms with Crippen molar-refractivity contribution in [2.45, 2.75) is 39.3 Å². The van der Waals surface area contributed by atoms with E-state index in [0.29, 0.717) is 12.6 Å². The highest BCUT2D eigenvalue weighted by Gasteiger charge is 2.17. The summed E-state index contributed by atoms with van der Waals surface area (Å²) < 4.78 is 5.21. The zero-order valence-electron chi connectivity index (χ0n) is 11.7. The normalized spacial score (nSPS) is 10.9. The number of ether oxygens (including phenoxy) is 1. The molecule has 0 fully saturated rings. The molecule has 1 rings (SSSR count). The Hall–Kier alpha value is -1.13. The largest absolute Gasteiger partial charge is 0.383 e. The maximum atomic E-state index is 5.81. The van der Waals surface area contributed by atoms with Gasteiger partial charge in [-0.3, -0.25) is 4.98 Å². The molecule has 0 aromatic carbocycles. The molecule has 1 aromatic rings. The smallest absolute Gasteiger partial charge is 0.0637 e. The molecule has 4 heteroatoms. The number of hydrogen-bond acceptors (Lipinski definition) is 4. The number of methoxy groups -OCH3 is 1. The van der Waals surface area contributed by atoms with Crippen LogP contribution in [0, 0.1) is 0 Å². The van der Waals surface area contributed by atoms with Crippen molar-refractivity contribution in [3.05, 3.63) is 24.0 Å². The molecule has 4 nitrogen and oxygen atoms in total. The molecule has 102 valence electrons. The summed E-state index contributed by atoms with van der Waals surface area (Å²) in [6.45, 7) is 6.57. The average molecular weight is 251 g/mol. The van der Waals surface area contributed by atoms with Gasteiger partial charge in [0.2, 0.25) is 0 Å². The van der Waals surface area contributed by atoms with Crippen LogP contribution in [0.25, 0.3) is 0 Å². The van der Waals surface area contributed by atoms with E-state index in [9.17, 15) is 0 Å². The Labute approximate surface area is 110 Å². The highest BCUT2D eigenvalue weighted by atomic mass is 16.5. The highest BCUT2D eigenvalue weighted by Crippen LogP contribution is 2.23. The lowest BCUT2D eigenvalue weighted by Gasteiger charge is -2.33.